The summed E-state index contributed by atoms with van der Waals surface area (Å²) in [6.07, 6.45) is 2.96. The van der Waals surface area contributed by atoms with E-state index in [0.717, 1.165) is 22.3 Å². The third kappa shape index (κ3) is 1.31. The molecule has 1 heterocycles. The second-order valence-electron chi connectivity index (χ2n) is 3.42. The van der Waals surface area contributed by atoms with Crippen LogP contribution in [0, 0.1) is 6.20 Å². The molecule has 1 radical (unpaired) electrons. The van der Waals surface area contributed by atoms with Gasteiger partial charge in [0, 0.05) is 31.2 Å². The molecule has 1 aromatic heterocycles. The predicted molar refractivity (Wildman–Crippen MR) is 58.0 cm³/mol. The molecule has 0 spiro atoms. The number of ether oxygens (including phenoxy) is 1. The molecule has 2 aromatic rings. The number of hydrogen-bond donors (Lipinski definition) is 1. The Bertz CT molecular complexity index is 445. The highest BCUT2D eigenvalue weighted by Gasteiger charge is 2.06. The van der Waals surface area contributed by atoms with Crippen molar-refractivity contribution < 1.29 is 4.74 Å². The fraction of sp³-hybridized carbons (Fsp3) is 0.273. The van der Waals surface area contributed by atoms with Gasteiger partial charge in [0.2, 0.25) is 0 Å². The number of hydrogen-bond acceptors (Lipinski definition) is 2. The molecule has 14 heavy (non-hydrogen) atoms. The Morgan fingerprint density at radius 3 is 2.79 bits per heavy atom. The standard InChI is InChI=1S/C11H13N2O/c1-13(2)8-6-10-9(4-5-12-10)11(7-8)14-3/h4,6-7,12H,1-3H3. The van der Waals surface area contributed by atoms with Crippen molar-refractivity contribution in [2.24, 2.45) is 0 Å². The number of nitrogens with one attached hydrogen (secondary N) is 1. The van der Waals surface area contributed by atoms with E-state index in [0.29, 0.717) is 0 Å². The number of benzene rings is 1. The van der Waals surface area contributed by atoms with Gasteiger partial charge in [-0.3, -0.25) is 0 Å². The van der Waals surface area contributed by atoms with Crippen molar-refractivity contribution in [2.75, 3.05) is 26.1 Å². The number of anilines is 1. The molecule has 0 aliphatic rings. The first-order chi connectivity index (χ1) is 6.72. The maximum atomic E-state index is 5.31. The quantitative estimate of drug-likeness (QED) is 0.783. The number of fused-ring (bicyclic) bond motifs is 1. The maximum absolute atomic E-state index is 5.31. The lowest BCUT2D eigenvalue weighted by Crippen LogP contribution is -2.08. The van der Waals surface area contributed by atoms with Crippen molar-refractivity contribution in [1.29, 1.82) is 0 Å². The second-order valence-corrected chi connectivity index (χ2v) is 3.42. The normalized spacial score (nSPS) is 10.5. The Kier molecular flexibility index (Phi) is 2.08. The van der Waals surface area contributed by atoms with Crippen LogP contribution in [0.4, 0.5) is 5.69 Å². The molecule has 0 atom stereocenters. The van der Waals surface area contributed by atoms with Gasteiger partial charge in [-0.05, 0) is 12.1 Å². The zero-order valence-electron chi connectivity index (χ0n) is 8.59. The van der Waals surface area contributed by atoms with Crippen LogP contribution >= 0.6 is 0 Å². The number of nitrogens with zero attached hydrogens (tertiary/aromatic N) is 1. The summed E-state index contributed by atoms with van der Waals surface area (Å²) in [5.74, 6) is 0.878. The number of H-pyrrole nitrogens is 1. The fourth-order valence-electron chi connectivity index (χ4n) is 1.48. The van der Waals surface area contributed by atoms with Gasteiger partial charge in [-0.25, -0.2) is 0 Å². The molecular weight excluding hydrogens is 176 g/mol. The predicted octanol–water partition coefficient (Wildman–Crippen LogP) is 2.04. The third-order valence-electron chi connectivity index (χ3n) is 2.29. The minimum Gasteiger partial charge on any atom is -0.496 e. The number of methoxy groups -OCH3 is 1. The average Bonchev–Trinajstić information content (AvgIpc) is 2.63. The first-order valence-electron chi connectivity index (χ1n) is 4.46. The van der Waals surface area contributed by atoms with Gasteiger partial charge < -0.3 is 14.6 Å². The van der Waals surface area contributed by atoms with Gasteiger partial charge in [0.05, 0.1) is 18.8 Å². The van der Waals surface area contributed by atoms with Crippen molar-refractivity contribution in [3.8, 4) is 5.75 Å². The second kappa shape index (κ2) is 3.25. The lowest BCUT2D eigenvalue weighted by atomic mass is 10.2. The van der Waals surface area contributed by atoms with E-state index in [4.69, 9.17) is 4.74 Å². The van der Waals surface area contributed by atoms with Crippen LogP contribution in [-0.4, -0.2) is 26.2 Å². The Morgan fingerprint density at radius 1 is 1.36 bits per heavy atom. The van der Waals surface area contributed by atoms with E-state index in [2.05, 4.69) is 17.2 Å². The molecule has 2 rings (SSSR count). The summed E-state index contributed by atoms with van der Waals surface area (Å²) in [6, 6.07) is 5.99. The van der Waals surface area contributed by atoms with Crippen molar-refractivity contribution in [3.63, 3.8) is 0 Å². The molecule has 0 bridgehead atoms. The molecule has 0 fully saturated rings. The summed E-state index contributed by atoms with van der Waals surface area (Å²) in [7, 11) is 5.70. The van der Waals surface area contributed by atoms with Crippen molar-refractivity contribution in [1.82, 2.24) is 4.98 Å². The van der Waals surface area contributed by atoms with Crippen LogP contribution < -0.4 is 9.64 Å². The molecule has 0 aliphatic heterocycles. The molecule has 3 heteroatoms. The van der Waals surface area contributed by atoms with Crippen LogP contribution in [0.5, 0.6) is 5.75 Å². The van der Waals surface area contributed by atoms with Crippen molar-refractivity contribution >= 4 is 16.6 Å². The van der Waals surface area contributed by atoms with Gasteiger partial charge in [-0.15, -0.1) is 0 Å². The molecule has 0 unspecified atom stereocenters. The SMILES string of the molecule is COc1cc(N(C)C)cc2[nH][c]cc12. The zero-order chi connectivity index (χ0) is 10.1. The van der Waals surface area contributed by atoms with Gasteiger partial charge in [0.1, 0.15) is 5.75 Å². The summed E-state index contributed by atoms with van der Waals surface area (Å²) < 4.78 is 5.31. The summed E-state index contributed by atoms with van der Waals surface area (Å²) in [4.78, 5) is 5.10. The van der Waals surface area contributed by atoms with E-state index in [9.17, 15) is 0 Å². The highest BCUT2D eigenvalue weighted by atomic mass is 16.5. The van der Waals surface area contributed by atoms with Crippen LogP contribution in [0.1, 0.15) is 0 Å². The van der Waals surface area contributed by atoms with Crippen LogP contribution in [-0.2, 0) is 0 Å². The van der Waals surface area contributed by atoms with E-state index < -0.39 is 0 Å². The van der Waals surface area contributed by atoms with Gasteiger partial charge in [0.25, 0.3) is 0 Å². The monoisotopic (exact) mass is 189 g/mol. The highest BCUT2D eigenvalue weighted by Crippen LogP contribution is 2.29. The van der Waals surface area contributed by atoms with E-state index >= 15 is 0 Å². The number of rotatable bonds is 2. The Hall–Kier alpha value is -1.64. The lowest BCUT2D eigenvalue weighted by molar-refractivity contribution is 0.420. The van der Waals surface area contributed by atoms with E-state index in [-0.39, 0.29) is 0 Å². The van der Waals surface area contributed by atoms with E-state index in [1.807, 2.05) is 31.1 Å². The molecule has 3 nitrogen and oxygen atoms in total. The molecule has 1 aromatic carbocycles. The van der Waals surface area contributed by atoms with Crippen molar-refractivity contribution in [3.05, 3.63) is 24.4 Å². The van der Waals surface area contributed by atoms with Gasteiger partial charge in [-0.2, -0.15) is 0 Å². The van der Waals surface area contributed by atoms with Crippen LogP contribution in [0.2, 0.25) is 0 Å². The first kappa shape index (κ1) is 8.94. The average molecular weight is 189 g/mol. The zero-order valence-corrected chi connectivity index (χ0v) is 8.59. The fourth-order valence-corrected chi connectivity index (χ4v) is 1.48. The smallest absolute Gasteiger partial charge is 0.130 e. The van der Waals surface area contributed by atoms with Crippen LogP contribution in [0.3, 0.4) is 0 Å². The minimum atomic E-state index is 0.878. The molecule has 0 saturated carbocycles. The summed E-state index contributed by atoms with van der Waals surface area (Å²) in [5.41, 5.74) is 2.17. The third-order valence-corrected chi connectivity index (χ3v) is 2.29. The molecular formula is C11H13N2O. The minimum absolute atomic E-state index is 0.878. The summed E-state index contributed by atoms with van der Waals surface area (Å²) in [5, 5.41) is 1.07. The van der Waals surface area contributed by atoms with Gasteiger partial charge in [-0.1, -0.05) is 0 Å². The summed E-state index contributed by atoms with van der Waals surface area (Å²) in [6.45, 7) is 0. The Labute approximate surface area is 83.3 Å². The van der Waals surface area contributed by atoms with Crippen molar-refractivity contribution in [2.45, 2.75) is 0 Å². The molecule has 0 amide bonds. The topological polar surface area (TPSA) is 28.3 Å². The van der Waals surface area contributed by atoms with E-state index in [1.165, 1.54) is 0 Å². The van der Waals surface area contributed by atoms with Gasteiger partial charge >= 0.3 is 0 Å². The maximum Gasteiger partial charge on any atom is 0.130 e. The highest BCUT2D eigenvalue weighted by molar-refractivity contribution is 5.89. The first-order valence-corrected chi connectivity index (χ1v) is 4.46. The summed E-state index contributed by atoms with van der Waals surface area (Å²) >= 11 is 0. The van der Waals surface area contributed by atoms with Gasteiger partial charge in [0.15, 0.2) is 0 Å². The number of aromatic nitrogens is 1. The lowest BCUT2D eigenvalue weighted by Gasteiger charge is -2.14. The molecule has 0 saturated heterocycles. The van der Waals surface area contributed by atoms with Crippen LogP contribution in [0.25, 0.3) is 10.9 Å². The van der Waals surface area contributed by atoms with E-state index in [1.54, 1.807) is 7.11 Å². The molecule has 0 aliphatic carbocycles. The Morgan fingerprint density at radius 2 is 2.14 bits per heavy atom. The Balaban J connectivity index is 2.67. The largest absolute Gasteiger partial charge is 0.496 e. The molecule has 1 N–H and O–H groups in total. The molecule has 73 valence electrons. The van der Waals surface area contributed by atoms with Crippen LogP contribution in [0.15, 0.2) is 18.2 Å². The number of aromatic amines is 1.